The summed E-state index contributed by atoms with van der Waals surface area (Å²) in [6.07, 6.45) is 11.0. The maximum Gasteiger partial charge on any atom is 0.263 e. The summed E-state index contributed by atoms with van der Waals surface area (Å²) in [5, 5.41) is 3.00. The number of halogens is 2. The highest BCUT2D eigenvalue weighted by Gasteiger charge is 2.25. The monoisotopic (exact) mass is 703 g/mol. The Morgan fingerprint density at radius 1 is 0.902 bits per heavy atom. The molecule has 3 aromatic carbocycles. The fourth-order valence-electron chi connectivity index (χ4n) is 6.98. The van der Waals surface area contributed by atoms with Crippen LogP contribution in [0.3, 0.4) is 0 Å². The van der Waals surface area contributed by atoms with Crippen LogP contribution in [-0.2, 0) is 4.79 Å². The van der Waals surface area contributed by atoms with Crippen LogP contribution in [0.15, 0.2) is 65.6 Å². The molecule has 0 spiro atoms. The standard InChI is InChI=1S/C40H48F2N4O5/c1-5-44(32-21-29(41)20-30(42)22-32)40(49)37-27-45(33-23-31(43-28(2)47)24-35(25-33)50-4)38-26-34(14-15-36(38)39(37)48)51-19-13-8-6-7-10-16-46(3)17-11-9-12-18-46/h14-15,20-27H,5-13,16-19H2,1-4H3/p+1. The molecule has 1 aliphatic rings. The van der Waals surface area contributed by atoms with Gasteiger partial charge in [-0.2, -0.15) is 0 Å². The Labute approximate surface area is 298 Å². The number of amides is 2. The van der Waals surface area contributed by atoms with Gasteiger partial charge in [0.15, 0.2) is 0 Å². The number of anilines is 2. The van der Waals surface area contributed by atoms with E-state index in [4.69, 9.17) is 9.47 Å². The van der Waals surface area contributed by atoms with Crippen molar-refractivity contribution in [1.82, 2.24) is 4.57 Å². The molecular formula is C40H49F2N4O5+. The summed E-state index contributed by atoms with van der Waals surface area (Å²) in [6.45, 7) is 7.46. The second-order valence-electron chi connectivity index (χ2n) is 13.7. The molecule has 1 saturated heterocycles. The Bertz CT molecular complexity index is 1900. The summed E-state index contributed by atoms with van der Waals surface area (Å²) in [4.78, 5) is 41.0. The number of hydrogen-bond acceptors (Lipinski definition) is 5. The number of fused-ring (bicyclic) bond motifs is 1. The molecule has 0 saturated carbocycles. The molecule has 1 N–H and O–H groups in total. The van der Waals surface area contributed by atoms with Gasteiger partial charge in [0.1, 0.15) is 28.7 Å². The van der Waals surface area contributed by atoms with Crippen molar-refractivity contribution >= 4 is 34.1 Å². The minimum absolute atomic E-state index is 0.0122. The smallest absolute Gasteiger partial charge is 0.263 e. The van der Waals surface area contributed by atoms with E-state index in [0.29, 0.717) is 35.0 Å². The maximum absolute atomic E-state index is 14.2. The van der Waals surface area contributed by atoms with Crippen molar-refractivity contribution < 1.29 is 32.3 Å². The molecule has 4 aromatic rings. The zero-order chi connectivity index (χ0) is 36.5. The third kappa shape index (κ3) is 9.52. The number of benzene rings is 3. The molecular weight excluding hydrogens is 654 g/mol. The predicted molar refractivity (Wildman–Crippen MR) is 197 cm³/mol. The van der Waals surface area contributed by atoms with Crippen LogP contribution in [0.4, 0.5) is 20.2 Å². The molecule has 2 amide bonds. The van der Waals surface area contributed by atoms with Gasteiger partial charge in [0, 0.05) is 60.7 Å². The molecule has 0 radical (unpaired) electrons. The van der Waals surface area contributed by atoms with Gasteiger partial charge < -0.3 is 28.7 Å². The normalized spacial score (nSPS) is 13.9. The predicted octanol–water partition coefficient (Wildman–Crippen LogP) is 7.86. The molecule has 1 aromatic heterocycles. The number of nitrogens with zero attached hydrogens (tertiary/aromatic N) is 3. The zero-order valence-corrected chi connectivity index (χ0v) is 30.1. The number of pyridine rings is 1. The van der Waals surface area contributed by atoms with E-state index < -0.39 is 23.0 Å². The van der Waals surface area contributed by atoms with Crippen LogP contribution in [-0.4, -0.2) is 67.8 Å². The minimum atomic E-state index is -0.843. The average molecular weight is 704 g/mol. The maximum atomic E-state index is 14.2. The quantitative estimate of drug-likeness (QED) is 0.101. The number of carbonyl (C=O) groups excluding carboxylic acids is 2. The highest BCUT2D eigenvalue weighted by atomic mass is 19.1. The number of nitrogens with one attached hydrogen (secondary N) is 1. The summed E-state index contributed by atoms with van der Waals surface area (Å²) in [6, 6.07) is 13.0. The molecule has 0 unspecified atom stereocenters. The first-order valence-corrected chi connectivity index (χ1v) is 17.9. The summed E-state index contributed by atoms with van der Waals surface area (Å²) in [5.74, 6) is -1.70. The first-order valence-electron chi connectivity index (χ1n) is 17.9. The van der Waals surface area contributed by atoms with Crippen LogP contribution < -0.4 is 25.1 Å². The van der Waals surface area contributed by atoms with Gasteiger partial charge in [0.05, 0.1) is 51.6 Å². The van der Waals surface area contributed by atoms with Crippen molar-refractivity contribution in [3.8, 4) is 17.2 Å². The van der Waals surface area contributed by atoms with Gasteiger partial charge in [0.25, 0.3) is 5.91 Å². The van der Waals surface area contributed by atoms with Crippen molar-refractivity contribution in [3.63, 3.8) is 0 Å². The molecule has 11 heteroatoms. The van der Waals surface area contributed by atoms with Crippen molar-refractivity contribution in [2.75, 3.05) is 57.2 Å². The lowest BCUT2D eigenvalue weighted by Crippen LogP contribution is -2.48. The van der Waals surface area contributed by atoms with Crippen molar-refractivity contribution in [2.24, 2.45) is 0 Å². The van der Waals surface area contributed by atoms with E-state index in [2.05, 4.69) is 12.4 Å². The number of unbranched alkanes of at least 4 members (excludes halogenated alkanes) is 4. The van der Waals surface area contributed by atoms with Crippen LogP contribution in [0.1, 0.15) is 75.6 Å². The lowest BCUT2D eigenvalue weighted by atomic mass is 10.1. The molecule has 51 heavy (non-hydrogen) atoms. The summed E-state index contributed by atoms with van der Waals surface area (Å²) in [7, 11) is 3.88. The molecule has 1 fully saturated rings. The number of hydrogen-bond donors (Lipinski definition) is 1. The van der Waals surface area contributed by atoms with E-state index in [1.54, 1.807) is 47.9 Å². The summed E-state index contributed by atoms with van der Waals surface area (Å²) in [5.41, 5.74) is 0.643. The fourth-order valence-corrected chi connectivity index (χ4v) is 6.98. The van der Waals surface area contributed by atoms with Gasteiger partial charge in [-0.05, 0) is 75.8 Å². The SMILES string of the molecule is CCN(C(=O)c1cn(-c2cc(NC(C)=O)cc(OC)c2)c2cc(OCCCCCCC[N+]3(C)CCCCC3)ccc2c1=O)c1cc(F)cc(F)c1. The third-order valence-corrected chi connectivity index (χ3v) is 9.66. The first-order chi connectivity index (χ1) is 24.5. The van der Waals surface area contributed by atoms with Crippen LogP contribution in [0.2, 0.25) is 0 Å². The highest BCUT2D eigenvalue weighted by molar-refractivity contribution is 6.07. The number of rotatable bonds is 15. The molecule has 9 nitrogen and oxygen atoms in total. The van der Waals surface area contributed by atoms with Crippen LogP contribution in [0.5, 0.6) is 11.5 Å². The molecule has 5 rings (SSSR count). The number of carbonyl (C=O) groups is 2. The van der Waals surface area contributed by atoms with Gasteiger partial charge in [-0.3, -0.25) is 14.4 Å². The van der Waals surface area contributed by atoms with Crippen molar-refractivity contribution in [3.05, 3.63) is 88.2 Å². The van der Waals surface area contributed by atoms with Crippen LogP contribution >= 0.6 is 0 Å². The topological polar surface area (TPSA) is 89.9 Å². The Hall–Kier alpha value is -4.77. The van der Waals surface area contributed by atoms with Crippen LogP contribution in [0, 0.1) is 11.6 Å². The van der Waals surface area contributed by atoms with E-state index >= 15 is 0 Å². The largest absolute Gasteiger partial charge is 0.497 e. The first kappa shape index (κ1) is 37.5. The van der Waals surface area contributed by atoms with E-state index in [9.17, 15) is 23.2 Å². The van der Waals surface area contributed by atoms with Gasteiger partial charge in [-0.1, -0.05) is 12.8 Å². The number of likely N-dealkylation sites (tertiary alicyclic amines) is 1. The molecule has 1 aliphatic heterocycles. The van der Waals surface area contributed by atoms with Gasteiger partial charge >= 0.3 is 0 Å². The number of aromatic nitrogens is 1. The van der Waals surface area contributed by atoms with E-state index in [0.717, 1.165) is 42.4 Å². The van der Waals surface area contributed by atoms with Crippen LogP contribution in [0.25, 0.3) is 16.6 Å². The number of methoxy groups -OCH3 is 1. The highest BCUT2D eigenvalue weighted by Crippen LogP contribution is 2.29. The Kier molecular flexibility index (Phi) is 12.5. The van der Waals surface area contributed by atoms with Gasteiger partial charge in [-0.25, -0.2) is 8.78 Å². The van der Waals surface area contributed by atoms with Gasteiger partial charge in [-0.15, -0.1) is 0 Å². The second-order valence-corrected chi connectivity index (χ2v) is 13.7. The summed E-state index contributed by atoms with van der Waals surface area (Å²) >= 11 is 0. The molecule has 0 bridgehead atoms. The van der Waals surface area contributed by atoms with E-state index in [1.165, 1.54) is 76.5 Å². The molecule has 2 heterocycles. The van der Waals surface area contributed by atoms with E-state index in [1.807, 2.05) is 0 Å². The number of ether oxygens (including phenoxy) is 2. The zero-order valence-electron chi connectivity index (χ0n) is 30.1. The van der Waals surface area contributed by atoms with Crippen molar-refractivity contribution in [2.45, 2.75) is 65.2 Å². The summed E-state index contributed by atoms with van der Waals surface area (Å²) < 4.78 is 42.9. The van der Waals surface area contributed by atoms with Crippen molar-refractivity contribution in [1.29, 1.82) is 0 Å². The number of piperidine rings is 1. The second kappa shape index (κ2) is 17.0. The fraction of sp³-hybridized carbons (Fsp3) is 0.425. The molecule has 0 atom stereocenters. The Morgan fingerprint density at radius 3 is 2.29 bits per heavy atom. The molecule has 0 aliphatic carbocycles. The number of quaternary nitrogens is 1. The Morgan fingerprint density at radius 2 is 1.61 bits per heavy atom. The third-order valence-electron chi connectivity index (χ3n) is 9.66. The Balaban J connectivity index is 1.41. The average Bonchev–Trinajstić information content (AvgIpc) is 3.09. The lowest BCUT2D eigenvalue weighted by Gasteiger charge is -2.37. The minimum Gasteiger partial charge on any atom is -0.497 e. The van der Waals surface area contributed by atoms with E-state index in [-0.39, 0.29) is 29.1 Å². The molecule has 272 valence electrons. The van der Waals surface area contributed by atoms with Gasteiger partial charge in [0.2, 0.25) is 11.3 Å². The lowest BCUT2D eigenvalue weighted by molar-refractivity contribution is -0.914.